The minimum Gasteiger partial charge on any atom is -0.494 e. The zero-order valence-electron chi connectivity index (χ0n) is 50.6. The molecule has 23 heteroatoms. The van der Waals surface area contributed by atoms with Crippen molar-refractivity contribution in [3.8, 4) is 11.5 Å². The number of unbranched alkanes of at least 4 members (excludes halogenated alkanes) is 1. The molecule has 0 spiro atoms. The number of halogens is 1. The van der Waals surface area contributed by atoms with Crippen molar-refractivity contribution in [3.05, 3.63) is 132 Å². The molecule has 1 saturated carbocycles. The summed E-state index contributed by atoms with van der Waals surface area (Å²) in [7, 11) is 5.79. The van der Waals surface area contributed by atoms with Crippen LogP contribution in [0.2, 0.25) is 6.82 Å². The lowest BCUT2D eigenvalue weighted by Gasteiger charge is -2.33. The van der Waals surface area contributed by atoms with Crippen LogP contribution in [-0.4, -0.2) is 193 Å². The van der Waals surface area contributed by atoms with Crippen molar-refractivity contribution in [2.75, 3.05) is 130 Å². The lowest BCUT2D eigenvalue weighted by Crippen LogP contribution is -2.47. The van der Waals surface area contributed by atoms with Gasteiger partial charge >= 0.3 is 6.03 Å². The zero-order chi connectivity index (χ0) is 61.7. The molecule has 2 fully saturated rings. The summed E-state index contributed by atoms with van der Waals surface area (Å²) in [6.45, 7) is 21.2. The second kappa shape index (κ2) is 40.2. The van der Waals surface area contributed by atoms with E-state index in [0.717, 1.165) is 100 Å². The number of amides is 5. The maximum Gasteiger partial charge on any atom is 0.325 e. The molecule has 1 atom stereocenters. The minimum absolute atomic E-state index is 0.102. The average Bonchev–Trinajstić information content (AvgIpc) is 1.97. The number of ether oxygens (including phenoxy) is 5. The number of hydrogen-bond donors (Lipinski definition) is 4. The Hall–Kier alpha value is -7.28. The van der Waals surface area contributed by atoms with Crippen LogP contribution in [0.15, 0.2) is 119 Å². The van der Waals surface area contributed by atoms with Crippen molar-refractivity contribution in [3.63, 3.8) is 0 Å². The van der Waals surface area contributed by atoms with Crippen molar-refractivity contribution in [2.45, 2.75) is 77.2 Å². The molecule has 1 unspecified atom stereocenters. The van der Waals surface area contributed by atoms with Gasteiger partial charge in [0.25, 0.3) is 0 Å². The van der Waals surface area contributed by atoms with Crippen LogP contribution in [0.1, 0.15) is 68.3 Å². The predicted molar refractivity (Wildman–Crippen MR) is 342 cm³/mol. The molecule has 5 amide bonds. The molecule has 1 radical (unpaired) electrons. The summed E-state index contributed by atoms with van der Waals surface area (Å²) >= 11 is 1.39. The van der Waals surface area contributed by atoms with Crippen molar-refractivity contribution in [2.24, 2.45) is 15.9 Å². The first kappa shape index (κ1) is 69.5. The first-order valence-corrected chi connectivity index (χ1v) is 30.4. The van der Waals surface area contributed by atoms with Crippen LogP contribution in [0.25, 0.3) is 0 Å². The normalized spacial score (nSPS) is 14.0. The number of nitrogens with one attached hydrogen (secondary N) is 3. The molecule has 6 rings (SSSR count). The molecular formula is C63H88BFN11O9S. The SMILES string of the molecule is C=C/C=C(\C=C)CNC(=O)C(c1cccc(F)c1[B]C)N(C(=O)CCc1ccc(OCCCCN(C)CCOCCOCC/C(C=NCCOCCOc2ccc(NC(=O)Nc3nc(CC)cs3)cc2)=N/N)cc1)C1CC1.CN1CCN(C=O)CC1. The fourth-order valence-corrected chi connectivity index (χ4v) is 9.61. The number of hydrazone groups is 1. The smallest absolute Gasteiger partial charge is 0.325 e. The second-order valence-electron chi connectivity index (χ2n) is 20.5. The Balaban J connectivity index is 0.00000137. The average molecular weight is 1210 g/mol. The highest BCUT2D eigenvalue weighted by Crippen LogP contribution is 2.36. The third-order valence-electron chi connectivity index (χ3n) is 13.9. The van der Waals surface area contributed by atoms with Crippen molar-refractivity contribution >= 4 is 71.1 Å². The van der Waals surface area contributed by atoms with E-state index in [-0.39, 0.29) is 36.9 Å². The van der Waals surface area contributed by atoms with Gasteiger partial charge in [0.2, 0.25) is 18.2 Å². The number of anilines is 2. The summed E-state index contributed by atoms with van der Waals surface area (Å²) in [5.74, 6) is 6.00. The Kier molecular flexibility index (Phi) is 32.5. The topological polar surface area (TPSA) is 227 Å². The van der Waals surface area contributed by atoms with Gasteiger partial charge in [-0.3, -0.25) is 24.7 Å². The number of piperazine rings is 1. The van der Waals surface area contributed by atoms with Gasteiger partial charge in [-0.1, -0.05) is 69.4 Å². The summed E-state index contributed by atoms with van der Waals surface area (Å²) in [5.41, 5.74) is 4.71. The van der Waals surface area contributed by atoms with Crippen molar-refractivity contribution < 1.29 is 47.3 Å². The van der Waals surface area contributed by atoms with E-state index in [1.807, 2.05) is 36.6 Å². The number of carbonyl (C=O) groups excluding carboxylic acids is 4. The van der Waals surface area contributed by atoms with Gasteiger partial charge in [-0.05, 0) is 124 Å². The number of allylic oxidation sites excluding steroid dienone is 2. The summed E-state index contributed by atoms with van der Waals surface area (Å²) in [6.07, 6.45) is 13.0. The highest BCUT2D eigenvalue weighted by Gasteiger charge is 2.42. The molecule has 20 nitrogen and oxygen atoms in total. The number of likely N-dealkylation sites (N-methyl/N-ethyl adjacent to an activating group) is 2. The molecule has 86 heavy (non-hydrogen) atoms. The van der Waals surface area contributed by atoms with E-state index in [0.29, 0.717) is 106 Å². The molecule has 0 bridgehead atoms. The Morgan fingerprint density at radius 1 is 0.884 bits per heavy atom. The molecule has 2 aliphatic rings. The van der Waals surface area contributed by atoms with E-state index >= 15 is 4.39 Å². The highest BCUT2D eigenvalue weighted by atomic mass is 32.1. The number of aliphatic imine (C=N–C) groups is 1. The molecule has 465 valence electrons. The number of thiazole rings is 1. The summed E-state index contributed by atoms with van der Waals surface area (Å²) < 4.78 is 43.9. The van der Waals surface area contributed by atoms with Gasteiger partial charge in [0, 0.05) is 75.4 Å². The largest absolute Gasteiger partial charge is 0.494 e. The standard InChI is InChI=1S/C57H76BFN9O8S.C6H12N2O/c1-6-12-42(7-2)39-62-55(70)54(50-13-11-14-51(59)53(50)58-4)68(47-20-21-47)52(69)26-17-43-15-22-48(23-16-43)75-31-10-9-29-67(5)30-34-74-36-35-72-32-27-46(66-60)40-61-28-33-73-37-38-76-49-24-18-45(19-25-49)63-56(71)65-57-64-44(8-3)41-77-57;1-7-2-4-8(6-9)5-3-7/h6-7,11-16,18-19,22-25,40-41,47,54H,1-2,8-10,17,20-21,26-39,60H2,3-5H3,(H,62,70)(H2,63,64,65,71);6H,2-5H2,1H3/b42-12+,61-40?,66-46-;. The van der Waals surface area contributed by atoms with Crippen molar-refractivity contribution in [1.82, 2.24) is 29.9 Å². The number of rotatable bonds is 39. The number of hydrogen-bond acceptors (Lipinski definition) is 16. The van der Waals surface area contributed by atoms with Crippen LogP contribution < -0.4 is 36.7 Å². The Morgan fingerprint density at radius 3 is 2.24 bits per heavy atom. The van der Waals surface area contributed by atoms with Crippen LogP contribution in [0.5, 0.6) is 11.5 Å². The molecule has 1 aromatic heterocycles. The van der Waals surface area contributed by atoms with Gasteiger partial charge in [-0.2, -0.15) is 5.10 Å². The monoisotopic (exact) mass is 1200 g/mol. The molecule has 2 heterocycles. The molecular weight excluding hydrogens is 1120 g/mol. The number of nitrogens with zero attached hydrogens (tertiary/aromatic N) is 7. The van der Waals surface area contributed by atoms with Crippen LogP contribution in [-0.2, 0) is 41.4 Å². The fraction of sp³-hybridized carbons (Fsp3) is 0.476. The van der Waals surface area contributed by atoms with Crippen LogP contribution in [0.4, 0.5) is 20.0 Å². The van der Waals surface area contributed by atoms with Crippen LogP contribution in [0.3, 0.4) is 0 Å². The summed E-state index contributed by atoms with van der Waals surface area (Å²) in [4.78, 5) is 67.0. The lowest BCUT2D eigenvalue weighted by atomic mass is 9.69. The highest BCUT2D eigenvalue weighted by molar-refractivity contribution is 7.13. The summed E-state index contributed by atoms with van der Waals surface area (Å²) in [6, 6.07) is 18.1. The maximum atomic E-state index is 15.1. The zero-order valence-corrected chi connectivity index (χ0v) is 51.4. The van der Waals surface area contributed by atoms with E-state index < -0.39 is 11.9 Å². The van der Waals surface area contributed by atoms with Crippen LogP contribution in [0, 0.1) is 5.82 Å². The van der Waals surface area contributed by atoms with Gasteiger partial charge in [0.05, 0.1) is 64.2 Å². The van der Waals surface area contributed by atoms with Crippen LogP contribution >= 0.6 is 11.3 Å². The number of carbonyl (C=O) groups is 4. The number of benzene rings is 3. The molecule has 5 N–H and O–H groups in total. The van der Waals surface area contributed by atoms with Gasteiger partial charge < -0.3 is 59.8 Å². The van der Waals surface area contributed by atoms with E-state index in [1.54, 1.807) is 84.7 Å². The first-order chi connectivity index (χ1) is 41.9. The lowest BCUT2D eigenvalue weighted by molar-refractivity contribution is -0.141. The number of aromatic nitrogens is 1. The third kappa shape index (κ3) is 26.1. The van der Waals surface area contributed by atoms with E-state index in [1.165, 1.54) is 17.4 Å². The molecule has 1 aliphatic heterocycles. The Bertz CT molecular complexity index is 2780. The Morgan fingerprint density at radius 2 is 1.58 bits per heavy atom. The second-order valence-corrected chi connectivity index (χ2v) is 21.4. The van der Waals surface area contributed by atoms with Gasteiger partial charge in [0.15, 0.2) is 12.4 Å². The molecule has 3 aromatic carbocycles. The third-order valence-corrected chi connectivity index (χ3v) is 14.7. The van der Waals surface area contributed by atoms with Crippen molar-refractivity contribution in [1.29, 1.82) is 0 Å². The molecule has 1 saturated heterocycles. The first-order valence-electron chi connectivity index (χ1n) is 29.5. The minimum atomic E-state index is -0.993. The van der Waals surface area contributed by atoms with Gasteiger partial charge in [-0.15, -0.1) is 11.3 Å². The molecule has 1 aliphatic carbocycles. The van der Waals surface area contributed by atoms with Gasteiger partial charge in [0.1, 0.15) is 30.0 Å². The fourth-order valence-electron chi connectivity index (χ4n) is 8.82. The Labute approximate surface area is 512 Å². The maximum absolute atomic E-state index is 15.1. The number of nitrogens with two attached hydrogens (primary N) is 1. The van der Waals surface area contributed by atoms with E-state index in [2.05, 4.69) is 68.1 Å². The number of aryl methyl sites for hydroxylation is 2. The quantitative estimate of drug-likeness (QED) is 0.00654. The number of urea groups is 1. The van der Waals surface area contributed by atoms with Gasteiger partial charge in [-0.25, -0.2) is 14.2 Å². The van der Waals surface area contributed by atoms with E-state index in [9.17, 15) is 19.2 Å². The predicted octanol–water partition coefficient (Wildman–Crippen LogP) is 7.33. The van der Waals surface area contributed by atoms with E-state index in [4.69, 9.17) is 29.5 Å². The molecule has 4 aromatic rings. The summed E-state index contributed by atoms with van der Waals surface area (Å²) in [5, 5.41) is 14.8.